The second-order valence-electron chi connectivity index (χ2n) is 6.48. The number of fused-ring (bicyclic) bond motifs is 1. The van der Waals surface area contributed by atoms with E-state index in [2.05, 4.69) is 89.3 Å². The first kappa shape index (κ1) is 14.2. The van der Waals surface area contributed by atoms with Crippen LogP contribution in [0, 0.1) is 0 Å². The number of nitrogens with one attached hydrogen (secondary N) is 1. The molecular formula is C19H21GeN. The quantitative estimate of drug-likeness (QED) is 0.654. The normalized spacial score (nSPS) is 11.6. The molecule has 3 aromatic carbocycles. The van der Waals surface area contributed by atoms with Gasteiger partial charge in [0.15, 0.2) is 0 Å². The first-order valence-electron chi connectivity index (χ1n) is 7.39. The summed E-state index contributed by atoms with van der Waals surface area (Å²) < 4.78 is 1.54. The van der Waals surface area contributed by atoms with Gasteiger partial charge in [0.2, 0.25) is 0 Å². The third-order valence-corrected chi connectivity index (χ3v) is 8.15. The van der Waals surface area contributed by atoms with Crippen molar-refractivity contribution in [2.24, 2.45) is 0 Å². The van der Waals surface area contributed by atoms with Gasteiger partial charge < -0.3 is 0 Å². The fourth-order valence-corrected chi connectivity index (χ4v) is 4.99. The SMILES string of the molecule is [CH3][Ge]([CH3])([CH3])[c]1ccc(Nc2cccc3ccccc23)cc1. The van der Waals surface area contributed by atoms with Gasteiger partial charge in [-0.2, -0.15) is 0 Å². The molecule has 0 spiro atoms. The van der Waals surface area contributed by atoms with Gasteiger partial charge in [-0.05, 0) is 0 Å². The predicted molar refractivity (Wildman–Crippen MR) is 96.7 cm³/mol. The molecule has 0 saturated heterocycles. The first-order chi connectivity index (χ1) is 10.0. The third kappa shape index (κ3) is 3.13. The molecule has 0 bridgehead atoms. The zero-order valence-corrected chi connectivity index (χ0v) is 14.9. The molecule has 0 amide bonds. The Morgan fingerprint density at radius 1 is 0.714 bits per heavy atom. The van der Waals surface area contributed by atoms with Crippen LogP contribution >= 0.6 is 0 Å². The molecule has 0 fully saturated rings. The fraction of sp³-hybridized carbons (Fsp3) is 0.158. The van der Waals surface area contributed by atoms with Crippen molar-refractivity contribution in [3.8, 4) is 0 Å². The molecule has 0 aliphatic heterocycles. The van der Waals surface area contributed by atoms with Crippen LogP contribution in [0.4, 0.5) is 11.4 Å². The molecule has 3 aromatic rings. The zero-order valence-electron chi connectivity index (χ0n) is 12.9. The van der Waals surface area contributed by atoms with E-state index in [1.54, 1.807) is 4.40 Å². The van der Waals surface area contributed by atoms with Crippen LogP contribution < -0.4 is 9.71 Å². The summed E-state index contributed by atoms with van der Waals surface area (Å²) in [7, 11) is 0. The Balaban J connectivity index is 1.92. The molecule has 2 heteroatoms. The molecule has 0 aliphatic rings. The Morgan fingerprint density at radius 3 is 2.10 bits per heavy atom. The maximum absolute atomic E-state index is 3.55. The number of hydrogen-bond acceptors (Lipinski definition) is 1. The average Bonchev–Trinajstić information content (AvgIpc) is 2.47. The first-order valence-corrected chi connectivity index (χ1v) is 14.7. The second-order valence-corrected chi connectivity index (χ2v) is 17.1. The molecular weight excluding hydrogens is 315 g/mol. The van der Waals surface area contributed by atoms with E-state index in [1.807, 2.05) is 0 Å². The van der Waals surface area contributed by atoms with Gasteiger partial charge in [0.1, 0.15) is 0 Å². The number of rotatable bonds is 3. The summed E-state index contributed by atoms with van der Waals surface area (Å²) in [5, 5.41) is 6.08. The summed E-state index contributed by atoms with van der Waals surface area (Å²) in [6.07, 6.45) is 0. The molecule has 1 N–H and O–H groups in total. The van der Waals surface area contributed by atoms with E-state index in [9.17, 15) is 0 Å². The van der Waals surface area contributed by atoms with Crippen LogP contribution in [0.2, 0.25) is 17.3 Å². The third-order valence-electron chi connectivity index (χ3n) is 3.82. The minimum atomic E-state index is -1.71. The minimum absolute atomic E-state index is 1.15. The summed E-state index contributed by atoms with van der Waals surface area (Å²) in [6.45, 7) is 0. The predicted octanol–water partition coefficient (Wildman–Crippen LogP) is 5.13. The Kier molecular flexibility index (Phi) is 3.77. The monoisotopic (exact) mass is 337 g/mol. The van der Waals surface area contributed by atoms with Gasteiger partial charge in [-0.1, -0.05) is 0 Å². The Hall–Kier alpha value is -1.74. The van der Waals surface area contributed by atoms with Crippen LogP contribution in [0.25, 0.3) is 10.8 Å². The maximum atomic E-state index is 3.55. The van der Waals surface area contributed by atoms with Crippen molar-refractivity contribution < 1.29 is 0 Å². The average molecular weight is 336 g/mol. The molecule has 0 atom stereocenters. The van der Waals surface area contributed by atoms with Gasteiger partial charge in [-0.25, -0.2) is 0 Å². The summed E-state index contributed by atoms with van der Waals surface area (Å²) in [6, 6.07) is 23.8. The van der Waals surface area contributed by atoms with Crippen LogP contribution in [-0.4, -0.2) is 13.3 Å². The zero-order chi connectivity index (χ0) is 14.9. The van der Waals surface area contributed by atoms with Crippen LogP contribution in [0.1, 0.15) is 0 Å². The summed E-state index contributed by atoms with van der Waals surface area (Å²) in [5.74, 6) is 7.27. The molecule has 21 heavy (non-hydrogen) atoms. The molecule has 0 radical (unpaired) electrons. The van der Waals surface area contributed by atoms with Gasteiger partial charge in [-0.15, -0.1) is 0 Å². The summed E-state index contributed by atoms with van der Waals surface area (Å²) in [4.78, 5) is 0. The van der Waals surface area contributed by atoms with Gasteiger partial charge >= 0.3 is 129 Å². The van der Waals surface area contributed by atoms with Crippen LogP contribution in [0.15, 0.2) is 66.7 Å². The standard InChI is InChI=1S/C19H21GeN/c1-20(2,3)16-11-13-17(14-12-16)21-19-10-6-8-15-7-4-5-9-18(15)19/h4-14,21H,1-3H3. The van der Waals surface area contributed by atoms with Gasteiger partial charge in [-0.3, -0.25) is 0 Å². The van der Waals surface area contributed by atoms with E-state index in [0.29, 0.717) is 0 Å². The molecule has 1 nitrogen and oxygen atoms in total. The van der Waals surface area contributed by atoms with Crippen LogP contribution in [0.3, 0.4) is 0 Å². The Labute approximate surface area is 129 Å². The van der Waals surface area contributed by atoms with Crippen molar-refractivity contribution in [1.82, 2.24) is 0 Å². The van der Waals surface area contributed by atoms with Crippen LogP contribution in [-0.2, 0) is 0 Å². The van der Waals surface area contributed by atoms with Gasteiger partial charge in [0.05, 0.1) is 0 Å². The molecule has 0 aromatic heterocycles. The Morgan fingerprint density at radius 2 is 1.38 bits per heavy atom. The molecule has 0 heterocycles. The van der Waals surface area contributed by atoms with E-state index in [0.717, 1.165) is 11.4 Å². The topological polar surface area (TPSA) is 12.0 Å². The van der Waals surface area contributed by atoms with E-state index in [4.69, 9.17) is 0 Å². The molecule has 106 valence electrons. The molecule has 0 unspecified atom stereocenters. The van der Waals surface area contributed by atoms with Crippen molar-refractivity contribution >= 4 is 39.8 Å². The number of hydrogen-bond donors (Lipinski definition) is 1. The number of anilines is 2. The summed E-state index contributed by atoms with van der Waals surface area (Å²) >= 11 is -1.71. The second kappa shape index (κ2) is 5.57. The van der Waals surface area contributed by atoms with E-state index in [1.165, 1.54) is 10.8 Å². The van der Waals surface area contributed by atoms with Crippen molar-refractivity contribution in [1.29, 1.82) is 0 Å². The van der Waals surface area contributed by atoms with E-state index in [-0.39, 0.29) is 0 Å². The van der Waals surface area contributed by atoms with Gasteiger partial charge in [0.25, 0.3) is 0 Å². The Bertz CT molecular complexity index is 749. The number of benzene rings is 3. The van der Waals surface area contributed by atoms with Crippen molar-refractivity contribution in [2.45, 2.75) is 17.3 Å². The molecule has 0 saturated carbocycles. The van der Waals surface area contributed by atoms with Crippen molar-refractivity contribution in [3.05, 3.63) is 66.7 Å². The molecule has 0 aliphatic carbocycles. The fourth-order valence-electron chi connectivity index (χ4n) is 2.54. The van der Waals surface area contributed by atoms with Crippen LogP contribution in [0.5, 0.6) is 0 Å². The van der Waals surface area contributed by atoms with Crippen molar-refractivity contribution in [3.63, 3.8) is 0 Å². The van der Waals surface area contributed by atoms with Gasteiger partial charge in [0, 0.05) is 0 Å². The van der Waals surface area contributed by atoms with E-state index >= 15 is 0 Å². The van der Waals surface area contributed by atoms with Crippen molar-refractivity contribution in [2.75, 3.05) is 5.32 Å². The van der Waals surface area contributed by atoms with E-state index < -0.39 is 13.3 Å². The summed E-state index contributed by atoms with van der Waals surface area (Å²) in [5.41, 5.74) is 2.32. The molecule has 3 rings (SSSR count).